The summed E-state index contributed by atoms with van der Waals surface area (Å²) in [6.07, 6.45) is 2.63. The average Bonchev–Trinajstić information content (AvgIpc) is 2.81. The zero-order valence-corrected chi connectivity index (χ0v) is 11.5. The number of nitrogens with one attached hydrogen (secondary N) is 1. The highest BCUT2D eigenvalue weighted by molar-refractivity contribution is 7.99. The summed E-state index contributed by atoms with van der Waals surface area (Å²) in [5.74, 6) is 0.553. The summed E-state index contributed by atoms with van der Waals surface area (Å²) in [6.45, 7) is 2.54. The summed E-state index contributed by atoms with van der Waals surface area (Å²) < 4.78 is 5.30. The van der Waals surface area contributed by atoms with Crippen LogP contribution in [0.15, 0.2) is 0 Å². The van der Waals surface area contributed by atoms with Crippen LogP contribution in [0.2, 0.25) is 0 Å². The number of thioether (sulfide) groups is 1. The molecule has 0 aromatic heterocycles. The molecule has 0 saturated carbocycles. The summed E-state index contributed by atoms with van der Waals surface area (Å²) in [6, 6.07) is 0. The van der Waals surface area contributed by atoms with Crippen LogP contribution in [-0.4, -0.2) is 47.2 Å². The molecule has 1 aliphatic rings. The first kappa shape index (κ1) is 15.3. The first-order valence-electron chi connectivity index (χ1n) is 6.36. The highest BCUT2D eigenvalue weighted by Crippen LogP contribution is 2.19. The predicted molar refractivity (Wildman–Crippen MR) is 70.8 cm³/mol. The van der Waals surface area contributed by atoms with Crippen LogP contribution in [0.5, 0.6) is 0 Å². The Morgan fingerprint density at radius 2 is 2.22 bits per heavy atom. The zero-order valence-electron chi connectivity index (χ0n) is 10.7. The molecule has 0 aliphatic carbocycles. The number of ether oxygens (including phenoxy) is 1. The van der Waals surface area contributed by atoms with Crippen molar-refractivity contribution in [3.63, 3.8) is 0 Å². The molecular weight excluding hydrogens is 254 g/mol. The largest absolute Gasteiger partial charge is 0.479 e. The molecule has 2 atom stereocenters. The molecule has 1 fully saturated rings. The van der Waals surface area contributed by atoms with E-state index >= 15 is 0 Å². The Morgan fingerprint density at radius 1 is 1.44 bits per heavy atom. The second-order valence-corrected chi connectivity index (χ2v) is 5.48. The quantitative estimate of drug-likeness (QED) is 0.652. The second-order valence-electron chi connectivity index (χ2n) is 4.37. The molecule has 0 bridgehead atoms. The van der Waals surface area contributed by atoms with Gasteiger partial charge in [0.15, 0.2) is 6.10 Å². The van der Waals surface area contributed by atoms with E-state index in [9.17, 15) is 9.59 Å². The van der Waals surface area contributed by atoms with Crippen LogP contribution >= 0.6 is 11.8 Å². The van der Waals surface area contributed by atoms with Crippen molar-refractivity contribution in [3.8, 4) is 0 Å². The van der Waals surface area contributed by atoms with Crippen LogP contribution in [0.1, 0.15) is 32.6 Å². The third-order valence-corrected chi connectivity index (χ3v) is 3.83. The lowest BCUT2D eigenvalue weighted by Crippen LogP contribution is -2.34. The Balaban J connectivity index is 2.07. The van der Waals surface area contributed by atoms with Crippen molar-refractivity contribution in [2.45, 2.75) is 44.8 Å². The lowest BCUT2D eigenvalue weighted by molar-refractivity contribution is -0.149. The van der Waals surface area contributed by atoms with Crippen LogP contribution in [-0.2, 0) is 14.3 Å². The van der Waals surface area contributed by atoms with E-state index in [-0.39, 0.29) is 12.0 Å². The molecule has 1 saturated heterocycles. The Bertz CT molecular complexity index is 285. The Morgan fingerprint density at radius 3 is 2.83 bits per heavy atom. The van der Waals surface area contributed by atoms with Gasteiger partial charge in [0.05, 0.1) is 11.9 Å². The van der Waals surface area contributed by atoms with Gasteiger partial charge < -0.3 is 15.2 Å². The number of rotatable bonds is 8. The molecule has 104 valence electrons. The Kier molecular flexibility index (Phi) is 7.12. The lowest BCUT2D eigenvalue weighted by atomic mass is 10.2. The second kappa shape index (κ2) is 8.37. The standard InChI is InChI=1S/C12H21NO4S/c1-2-3-6-18-8-11(14)13-7-9-4-5-10(17-9)12(15)16/h9-10H,2-8H2,1H3,(H,13,14)(H,15,16). The molecule has 1 rings (SSSR count). The smallest absolute Gasteiger partial charge is 0.332 e. The molecule has 5 nitrogen and oxygen atoms in total. The summed E-state index contributed by atoms with van der Waals surface area (Å²) in [7, 11) is 0. The van der Waals surface area contributed by atoms with E-state index in [2.05, 4.69) is 12.2 Å². The number of carbonyl (C=O) groups excluding carboxylic acids is 1. The summed E-state index contributed by atoms with van der Waals surface area (Å²) >= 11 is 1.63. The minimum Gasteiger partial charge on any atom is -0.479 e. The van der Waals surface area contributed by atoms with Crippen molar-refractivity contribution in [1.29, 1.82) is 0 Å². The first-order valence-corrected chi connectivity index (χ1v) is 7.51. The van der Waals surface area contributed by atoms with Gasteiger partial charge in [0.2, 0.25) is 5.91 Å². The Hall–Kier alpha value is -0.750. The average molecular weight is 275 g/mol. The maximum Gasteiger partial charge on any atom is 0.332 e. The molecule has 2 unspecified atom stereocenters. The minimum atomic E-state index is -0.918. The summed E-state index contributed by atoms with van der Waals surface area (Å²) in [5.41, 5.74) is 0. The normalized spacial score (nSPS) is 22.9. The molecule has 1 aliphatic heterocycles. The molecule has 0 spiro atoms. The number of carboxylic acid groups (broad SMARTS) is 1. The molecule has 6 heteroatoms. The number of carboxylic acids is 1. The van der Waals surface area contributed by atoms with Crippen LogP contribution in [0, 0.1) is 0 Å². The van der Waals surface area contributed by atoms with E-state index in [0.717, 1.165) is 18.6 Å². The molecular formula is C12H21NO4S. The van der Waals surface area contributed by atoms with Crippen molar-refractivity contribution < 1.29 is 19.4 Å². The van der Waals surface area contributed by atoms with Crippen molar-refractivity contribution >= 4 is 23.6 Å². The van der Waals surface area contributed by atoms with Gasteiger partial charge in [-0.3, -0.25) is 4.79 Å². The topological polar surface area (TPSA) is 75.6 Å². The van der Waals surface area contributed by atoms with Crippen LogP contribution in [0.25, 0.3) is 0 Å². The maximum atomic E-state index is 11.5. The Labute approximate surface area is 112 Å². The van der Waals surface area contributed by atoms with Crippen molar-refractivity contribution in [2.24, 2.45) is 0 Å². The maximum absolute atomic E-state index is 11.5. The monoisotopic (exact) mass is 275 g/mol. The molecule has 0 radical (unpaired) electrons. The first-order chi connectivity index (χ1) is 8.63. The third-order valence-electron chi connectivity index (χ3n) is 2.79. The van der Waals surface area contributed by atoms with Crippen molar-refractivity contribution in [1.82, 2.24) is 5.32 Å². The SMILES string of the molecule is CCCCSCC(=O)NCC1CCC(C(=O)O)O1. The van der Waals surface area contributed by atoms with Gasteiger partial charge in [-0.25, -0.2) is 4.79 Å². The van der Waals surface area contributed by atoms with Gasteiger partial charge in [-0.05, 0) is 25.0 Å². The van der Waals surface area contributed by atoms with E-state index in [4.69, 9.17) is 9.84 Å². The minimum absolute atomic E-state index is 0.00141. The molecule has 1 amide bonds. The zero-order chi connectivity index (χ0) is 13.4. The molecule has 0 aromatic carbocycles. The number of unbranched alkanes of at least 4 members (excludes halogenated alkanes) is 1. The number of amides is 1. The van der Waals surface area contributed by atoms with E-state index in [1.54, 1.807) is 11.8 Å². The third kappa shape index (κ3) is 5.73. The van der Waals surface area contributed by atoms with Gasteiger partial charge in [-0.1, -0.05) is 13.3 Å². The van der Waals surface area contributed by atoms with Crippen molar-refractivity contribution in [2.75, 3.05) is 18.1 Å². The van der Waals surface area contributed by atoms with Gasteiger partial charge in [-0.2, -0.15) is 11.8 Å². The summed E-state index contributed by atoms with van der Waals surface area (Å²) in [4.78, 5) is 22.1. The van der Waals surface area contributed by atoms with Gasteiger partial charge in [-0.15, -0.1) is 0 Å². The number of carbonyl (C=O) groups is 2. The number of hydrogen-bond acceptors (Lipinski definition) is 4. The van der Waals surface area contributed by atoms with Crippen LogP contribution < -0.4 is 5.32 Å². The van der Waals surface area contributed by atoms with E-state index < -0.39 is 12.1 Å². The molecule has 1 heterocycles. The highest BCUT2D eigenvalue weighted by Gasteiger charge is 2.30. The molecule has 0 aromatic rings. The summed E-state index contributed by atoms with van der Waals surface area (Å²) in [5, 5.41) is 11.5. The van der Waals surface area contributed by atoms with Crippen molar-refractivity contribution in [3.05, 3.63) is 0 Å². The van der Waals surface area contributed by atoms with E-state index in [1.807, 2.05) is 0 Å². The molecule has 18 heavy (non-hydrogen) atoms. The fraction of sp³-hybridized carbons (Fsp3) is 0.833. The van der Waals surface area contributed by atoms with Gasteiger partial charge in [0, 0.05) is 6.54 Å². The predicted octanol–water partition coefficient (Wildman–Crippen LogP) is 1.27. The number of hydrogen-bond donors (Lipinski definition) is 2. The fourth-order valence-electron chi connectivity index (χ4n) is 1.73. The van der Waals surface area contributed by atoms with Gasteiger partial charge >= 0.3 is 5.97 Å². The van der Waals surface area contributed by atoms with E-state index in [0.29, 0.717) is 25.1 Å². The molecule has 2 N–H and O–H groups in total. The van der Waals surface area contributed by atoms with Crippen LogP contribution in [0.4, 0.5) is 0 Å². The van der Waals surface area contributed by atoms with E-state index in [1.165, 1.54) is 0 Å². The lowest BCUT2D eigenvalue weighted by Gasteiger charge is -2.12. The fourth-order valence-corrected chi connectivity index (χ4v) is 2.65. The van der Waals surface area contributed by atoms with Gasteiger partial charge in [0.25, 0.3) is 0 Å². The van der Waals surface area contributed by atoms with Crippen LogP contribution in [0.3, 0.4) is 0 Å². The number of aliphatic carboxylic acids is 1. The highest BCUT2D eigenvalue weighted by atomic mass is 32.2. The van der Waals surface area contributed by atoms with Gasteiger partial charge in [0.1, 0.15) is 0 Å².